The van der Waals surface area contributed by atoms with Crippen LogP contribution in [0.2, 0.25) is 0 Å². The molecule has 2 atom stereocenters. The average Bonchev–Trinajstić information content (AvgIpc) is 2.64. The van der Waals surface area contributed by atoms with E-state index in [1.54, 1.807) is 4.68 Å². The molecule has 6 nitrogen and oxygen atoms in total. The molecule has 6 heteroatoms. The Bertz CT molecular complexity index is 470. The second-order valence-corrected chi connectivity index (χ2v) is 6.01. The molecule has 1 saturated carbocycles. The molecule has 2 unspecified atom stereocenters. The van der Waals surface area contributed by atoms with Crippen LogP contribution in [0.25, 0.3) is 0 Å². The number of aliphatic hydroxyl groups excluding tert-OH is 1. The third kappa shape index (κ3) is 3.17. The van der Waals surface area contributed by atoms with E-state index in [1.165, 1.54) is 0 Å². The van der Waals surface area contributed by atoms with Gasteiger partial charge in [0.1, 0.15) is 0 Å². The maximum absolute atomic E-state index is 11.3. The smallest absolute Gasteiger partial charge is 0.358 e. The Morgan fingerprint density at radius 1 is 1.35 bits per heavy atom. The molecule has 0 amide bonds. The van der Waals surface area contributed by atoms with Crippen molar-refractivity contribution in [3.63, 3.8) is 0 Å². The number of carboxylic acid groups (broad SMARTS) is 1. The van der Waals surface area contributed by atoms with Crippen molar-refractivity contribution >= 4 is 5.97 Å². The molecule has 0 aromatic carbocycles. The molecule has 0 bridgehead atoms. The van der Waals surface area contributed by atoms with Gasteiger partial charge in [0.2, 0.25) is 0 Å². The number of aliphatic hydroxyl groups is 1. The van der Waals surface area contributed by atoms with Gasteiger partial charge < -0.3 is 10.2 Å². The summed E-state index contributed by atoms with van der Waals surface area (Å²) in [6.07, 6.45) is 4.86. The van der Waals surface area contributed by atoms with Gasteiger partial charge in [-0.15, -0.1) is 5.10 Å². The predicted molar refractivity (Wildman–Crippen MR) is 73.7 cm³/mol. The lowest BCUT2D eigenvalue weighted by Crippen LogP contribution is -2.26. The van der Waals surface area contributed by atoms with E-state index in [0.717, 1.165) is 32.1 Å². The number of nitrogens with zero attached hydrogens (tertiary/aromatic N) is 3. The highest BCUT2D eigenvalue weighted by molar-refractivity contribution is 5.86. The Morgan fingerprint density at radius 3 is 2.70 bits per heavy atom. The van der Waals surface area contributed by atoms with E-state index in [9.17, 15) is 15.0 Å². The molecule has 2 rings (SSSR count). The summed E-state index contributed by atoms with van der Waals surface area (Å²) in [6.45, 7) is 4.07. The second-order valence-electron chi connectivity index (χ2n) is 6.01. The average molecular weight is 281 g/mol. The molecule has 1 aliphatic carbocycles. The summed E-state index contributed by atoms with van der Waals surface area (Å²) in [4.78, 5) is 11.3. The molecule has 1 aromatic heterocycles. The number of carboxylic acids is 1. The molecule has 1 fully saturated rings. The van der Waals surface area contributed by atoms with Crippen LogP contribution in [-0.2, 0) is 6.42 Å². The van der Waals surface area contributed by atoms with Crippen LogP contribution in [-0.4, -0.2) is 37.3 Å². The number of aromatic nitrogens is 3. The summed E-state index contributed by atoms with van der Waals surface area (Å²) in [6, 6.07) is -0.146. The maximum Gasteiger partial charge on any atom is 0.358 e. The predicted octanol–water partition coefficient (Wildman–Crippen LogP) is 2.04. The summed E-state index contributed by atoms with van der Waals surface area (Å²) < 4.78 is 1.67. The fraction of sp³-hybridized carbons (Fsp3) is 0.786. The van der Waals surface area contributed by atoms with Crippen LogP contribution in [0.1, 0.15) is 68.2 Å². The third-order valence-corrected chi connectivity index (χ3v) is 3.85. The minimum atomic E-state index is -1.05. The first-order valence-corrected chi connectivity index (χ1v) is 7.36. The van der Waals surface area contributed by atoms with Crippen LogP contribution in [0.5, 0.6) is 0 Å². The number of hydrogen-bond donors (Lipinski definition) is 2. The fourth-order valence-corrected chi connectivity index (χ4v) is 2.88. The van der Waals surface area contributed by atoms with E-state index in [0.29, 0.717) is 18.0 Å². The summed E-state index contributed by atoms with van der Waals surface area (Å²) in [5.74, 6) is -0.733. The number of carbonyl (C=O) groups is 1. The third-order valence-electron chi connectivity index (χ3n) is 3.85. The molecule has 0 saturated heterocycles. The topological polar surface area (TPSA) is 88.2 Å². The summed E-state index contributed by atoms with van der Waals surface area (Å²) >= 11 is 0. The van der Waals surface area contributed by atoms with Gasteiger partial charge in [-0.2, -0.15) is 0 Å². The largest absolute Gasteiger partial charge is 0.476 e. The van der Waals surface area contributed by atoms with Crippen LogP contribution in [0.3, 0.4) is 0 Å². The molecular formula is C14H23N3O3. The van der Waals surface area contributed by atoms with E-state index in [4.69, 9.17) is 0 Å². The van der Waals surface area contributed by atoms with Crippen molar-refractivity contribution in [3.05, 3.63) is 11.4 Å². The van der Waals surface area contributed by atoms with Gasteiger partial charge in [0.25, 0.3) is 0 Å². The Balaban J connectivity index is 2.36. The molecular weight excluding hydrogens is 258 g/mol. The van der Waals surface area contributed by atoms with Crippen LogP contribution in [0.15, 0.2) is 0 Å². The summed E-state index contributed by atoms with van der Waals surface area (Å²) in [5.41, 5.74) is 0.661. The van der Waals surface area contributed by atoms with Gasteiger partial charge in [0.15, 0.2) is 5.69 Å². The zero-order valence-corrected chi connectivity index (χ0v) is 12.1. The maximum atomic E-state index is 11.3. The number of aromatic carboxylic acids is 1. The van der Waals surface area contributed by atoms with Crippen molar-refractivity contribution in [3.8, 4) is 0 Å². The highest BCUT2D eigenvalue weighted by Gasteiger charge is 2.29. The highest BCUT2D eigenvalue weighted by Crippen LogP contribution is 2.29. The molecule has 1 aliphatic rings. The van der Waals surface area contributed by atoms with Gasteiger partial charge in [0.05, 0.1) is 17.8 Å². The lowest BCUT2D eigenvalue weighted by Gasteiger charge is -2.22. The lowest BCUT2D eigenvalue weighted by atomic mass is 10.0. The monoisotopic (exact) mass is 281 g/mol. The molecule has 0 aliphatic heterocycles. The van der Waals surface area contributed by atoms with Crippen molar-refractivity contribution in [1.82, 2.24) is 15.0 Å². The lowest BCUT2D eigenvalue weighted by molar-refractivity contribution is 0.0687. The van der Waals surface area contributed by atoms with Gasteiger partial charge in [-0.3, -0.25) is 0 Å². The zero-order valence-electron chi connectivity index (χ0n) is 12.1. The van der Waals surface area contributed by atoms with Crippen molar-refractivity contribution in [2.24, 2.45) is 5.92 Å². The molecule has 112 valence electrons. The second kappa shape index (κ2) is 6.35. The van der Waals surface area contributed by atoms with Gasteiger partial charge in [-0.05, 0) is 25.2 Å². The number of rotatable bonds is 4. The summed E-state index contributed by atoms with van der Waals surface area (Å²) in [5, 5.41) is 27.3. The summed E-state index contributed by atoms with van der Waals surface area (Å²) in [7, 11) is 0. The van der Waals surface area contributed by atoms with Crippen molar-refractivity contribution < 1.29 is 15.0 Å². The van der Waals surface area contributed by atoms with E-state index in [1.807, 2.05) is 13.8 Å². The van der Waals surface area contributed by atoms with Gasteiger partial charge >= 0.3 is 5.97 Å². The number of hydrogen-bond acceptors (Lipinski definition) is 4. The molecule has 1 heterocycles. The first-order valence-electron chi connectivity index (χ1n) is 7.36. The Labute approximate surface area is 118 Å². The molecule has 20 heavy (non-hydrogen) atoms. The first kappa shape index (κ1) is 15.0. The Hall–Kier alpha value is -1.43. The van der Waals surface area contributed by atoms with E-state index in [2.05, 4.69) is 10.3 Å². The van der Waals surface area contributed by atoms with Crippen molar-refractivity contribution in [1.29, 1.82) is 0 Å². The quantitative estimate of drug-likeness (QED) is 0.824. The van der Waals surface area contributed by atoms with E-state index < -0.39 is 12.1 Å². The van der Waals surface area contributed by atoms with Gasteiger partial charge in [-0.25, -0.2) is 9.48 Å². The minimum Gasteiger partial charge on any atom is -0.476 e. The Kier molecular flexibility index (Phi) is 4.75. The van der Waals surface area contributed by atoms with E-state index in [-0.39, 0.29) is 11.7 Å². The minimum absolute atomic E-state index is 0.0233. The Morgan fingerprint density at radius 2 is 2.05 bits per heavy atom. The molecule has 0 radical (unpaired) electrons. The molecule has 2 N–H and O–H groups in total. The van der Waals surface area contributed by atoms with Crippen molar-refractivity contribution in [2.75, 3.05) is 0 Å². The van der Waals surface area contributed by atoms with E-state index >= 15 is 0 Å². The molecule has 1 aromatic rings. The zero-order chi connectivity index (χ0) is 14.7. The first-order chi connectivity index (χ1) is 9.50. The van der Waals surface area contributed by atoms with Crippen molar-refractivity contribution in [2.45, 2.75) is 64.5 Å². The normalized spacial score (nSPS) is 23.8. The van der Waals surface area contributed by atoms with Crippen LogP contribution in [0.4, 0.5) is 0 Å². The van der Waals surface area contributed by atoms with Crippen LogP contribution >= 0.6 is 0 Å². The highest BCUT2D eigenvalue weighted by atomic mass is 16.4. The fourth-order valence-electron chi connectivity index (χ4n) is 2.88. The SMILES string of the molecule is CC(C)Cc1c(C(=O)O)nnn1C1CCCCCC1O. The van der Waals surface area contributed by atoms with Gasteiger partial charge in [-0.1, -0.05) is 38.3 Å². The standard InChI is InChI=1S/C14H23N3O3/c1-9(2)8-11-13(14(19)20)15-16-17(11)10-6-4-3-5-7-12(10)18/h9-10,12,18H,3-8H2,1-2H3,(H,19,20). The van der Waals surface area contributed by atoms with Crippen LogP contribution in [0, 0.1) is 5.92 Å². The molecule has 0 spiro atoms. The van der Waals surface area contributed by atoms with Gasteiger partial charge in [0, 0.05) is 0 Å². The van der Waals surface area contributed by atoms with Crippen LogP contribution < -0.4 is 0 Å².